The molecule has 96 valence electrons. The number of nitrogens with one attached hydrogen (secondary N) is 1. The van der Waals surface area contributed by atoms with E-state index < -0.39 is 11.8 Å². The number of hydrogen-bond acceptors (Lipinski definition) is 3. The van der Waals surface area contributed by atoms with Gasteiger partial charge in [0.2, 0.25) is 5.91 Å². The van der Waals surface area contributed by atoms with E-state index in [0.29, 0.717) is 32.7 Å². The fraction of sp³-hybridized carbons (Fsp3) is 0.727. The van der Waals surface area contributed by atoms with Crippen LogP contribution in [0.1, 0.15) is 20.3 Å². The predicted octanol–water partition coefficient (Wildman–Crippen LogP) is -0.797. The van der Waals surface area contributed by atoms with Crippen molar-refractivity contribution in [1.29, 1.82) is 0 Å². The van der Waals surface area contributed by atoms with Crippen LogP contribution in [0.25, 0.3) is 0 Å². The van der Waals surface area contributed by atoms with Crippen LogP contribution in [-0.2, 0) is 14.4 Å². The van der Waals surface area contributed by atoms with E-state index in [4.69, 9.17) is 0 Å². The zero-order chi connectivity index (χ0) is 12.8. The van der Waals surface area contributed by atoms with E-state index in [1.165, 1.54) is 11.8 Å². The average Bonchev–Trinajstić information content (AvgIpc) is 2.35. The summed E-state index contributed by atoms with van der Waals surface area (Å²) in [5, 5.41) is 2.55. The molecule has 0 aromatic rings. The van der Waals surface area contributed by atoms with Crippen molar-refractivity contribution in [1.82, 2.24) is 15.1 Å². The highest BCUT2D eigenvalue weighted by molar-refractivity contribution is 6.35. The number of rotatable bonds is 2. The van der Waals surface area contributed by atoms with E-state index in [-0.39, 0.29) is 5.91 Å². The normalized spacial score (nSPS) is 15.6. The molecular formula is C11H19N3O3. The van der Waals surface area contributed by atoms with Gasteiger partial charge in [0.1, 0.15) is 0 Å². The maximum absolute atomic E-state index is 11.7. The lowest BCUT2D eigenvalue weighted by Crippen LogP contribution is -2.53. The van der Waals surface area contributed by atoms with E-state index in [1.54, 1.807) is 4.90 Å². The molecule has 1 heterocycles. The Morgan fingerprint density at radius 2 is 1.59 bits per heavy atom. The lowest BCUT2D eigenvalue weighted by atomic mass is 10.3. The first kappa shape index (κ1) is 13.5. The maximum Gasteiger partial charge on any atom is 0.312 e. The molecule has 0 aromatic carbocycles. The van der Waals surface area contributed by atoms with E-state index in [1.807, 2.05) is 6.92 Å². The molecule has 0 aliphatic carbocycles. The molecule has 3 amide bonds. The van der Waals surface area contributed by atoms with Crippen LogP contribution in [-0.4, -0.2) is 60.2 Å². The van der Waals surface area contributed by atoms with Gasteiger partial charge in [-0.15, -0.1) is 0 Å². The minimum absolute atomic E-state index is 0.00698. The smallest absolute Gasteiger partial charge is 0.312 e. The summed E-state index contributed by atoms with van der Waals surface area (Å²) in [7, 11) is 0. The Hall–Kier alpha value is -1.59. The van der Waals surface area contributed by atoms with Crippen LogP contribution in [0.15, 0.2) is 0 Å². The van der Waals surface area contributed by atoms with Crippen molar-refractivity contribution in [2.24, 2.45) is 0 Å². The molecule has 1 fully saturated rings. The summed E-state index contributed by atoms with van der Waals surface area (Å²) in [6, 6.07) is 0. The molecule has 6 nitrogen and oxygen atoms in total. The molecular weight excluding hydrogens is 222 g/mol. The summed E-state index contributed by atoms with van der Waals surface area (Å²) in [6.45, 7) is 5.81. The largest absolute Gasteiger partial charge is 0.348 e. The standard InChI is InChI=1S/C11H19N3O3/c1-3-4-12-10(16)11(17)14-7-5-13(6-8-14)9(2)15/h3-8H2,1-2H3,(H,12,16). The van der Waals surface area contributed by atoms with Crippen LogP contribution in [0.3, 0.4) is 0 Å². The molecule has 1 N–H and O–H groups in total. The van der Waals surface area contributed by atoms with E-state index in [0.717, 1.165) is 6.42 Å². The van der Waals surface area contributed by atoms with Crippen molar-refractivity contribution in [2.75, 3.05) is 32.7 Å². The van der Waals surface area contributed by atoms with Gasteiger partial charge >= 0.3 is 11.8 Å². The Labute approximate surface area is 101 Å². The van der Waals surface area contributed by atoms with Gasteiger partial charge in [-0.25, -0.2) is 0 Å². The van der Waals surface area contributed by atoms with Crippen LogP contribution in [0.4, 0.5) is 0 Å². The van der Waals surface area contributed by atoms with Crippen LogP contribution in [0.5, 0.6) is 0 Å². The first-order valence-corrected chi connectivity index (χ1v) is 5.89. The maximum atomic E-state index is 11.7. The SMILES string of the molecule is CCCNC(=O)C(=O)N1CCN(C(C)=O)CC1. The summed E-state index contributed by atoms with van der Waals surface area (Å²) in [5.74, 6) is -1.04. The molecule has 0 unspecified atom stereocenters. The van der Waals surface area contributed by atoms with Crippen molar-refractivity contribution < 1.29 is 14.4 Å². The van der Waals surface area contributed by atoms with Gasteiger partial charge in [0.25, 0.3) is 0 Å². The summed E-state index contributed by atoms with van der Waals surface area (Å²) < 4.78 is 0. The van der Waals surface area contributed by atoms with Gasteiger partial charge < -0.3 is 15.1 Å². The van der Waals surface area contributed by atoms with E-state index in [2.05, 4.69) is 5.32 Å². The second kappa shape index (κ2) is 6.22. The van der Waals surface area contributed by atoms with Crippen molar-refractivity contribution in [3.8, 4) is 0 Å². The van der Waals surface area contributed by atoms with Gasteiger partial charge in [0.15, 0.2) is 0 Å². The van der Waals surface area contributed by atoms with Gasteiger partial charge in [0.05, 0.1) is 0 Å². The zero-order valence-electron chi connectivity index (χ0n) is 10.4. The fourth-order valence-electron chi connectivity index (χ4n) is 1.68. The molecule has 0 spiro atoms. The minimum atomic E-state index is -0.553. The quantitative estimate of drug-likeness (QED) is 0.644. The monoisotopic (exact) mass is 241 g/mol. The van der Waals surface area contributed by atoms with Gasteiger partial charge in [-0.1, -0.05) is 6.92 Å². The molecule has 0 bridgehead atoms. The second-order valence-corrected chi connectivity index (χ2v) is 4.05. The third-order valence-electron chi connectivity index (χ3n) is 2.74. The number of carbonyl (C=O) groups excluding carboxylic acids is 3. The lowest BCUT2D eigenvalue weighted by molar-refractivity contribution is -0.148. The summed E-state index contributed by atoms with van der Waals surface area (Å²) in [4.78, 5) is 37.4. The first-order chi connectivity index (χ1) is 8.06. The number of amides is 3. The molecule has 1 aliphatic rings. The molecule has 1 saturated heterocycles. The molecule has 17 heavy (non-hydrogen) atoms. The molecule has 0 atom stereocenters. The van der Waals surface area contributed by atoms with E-state index in [9.17, 15) is 14.4 Å². The molecule has 6 heteroatoms. The third kappa shape index (κ3) is 3.72. The van der Waals surface area contributed by atoms with Crippen LogP contribution < -0.4 is 5.32 Å². The number of piperazine rings is 1. The van der Waals surface area contributed by atoms with Crippen molar-refractivity contribution in [3.63, 3.8) is 0 Å². The summed E-state index contributed by atoms with van der Waals surface area (Å²) in [6.07, 6.45) is 0.803. The second-order valence-electron chi connectivity index (χ2n) is 4.05. The summed E-state index contributed by atoms with van der Waals surface area (Å²) >= 11 is 0. The predicted molar refractivity (Wildman–Crippen MR) is 62.1 cm³/mol. The van der Waals surface area contributed by atoms with Crippen molar-refractivity contribution >= 4 is 17.7 Å². The Kier molecular flexibility index (Phi) is 4.93. The highest BCUT2D eigenvalue weighted by atomic mass is 16.2. The first-order valence-electron chi connectivity index (χ1n) is 5.89. The fourth-order valence-corrected chi connectivity index (χ4v) is 1.68. The Morgan fingerprint density at radius 3 is 2.06 bits per heavy atom. The van der Waals surface area contributed by atoms with Gasteiger partial charge in [0, 0.05) is 39.6 Å². The Morgan fingerprint density at radius 1 is 1.06 bits per heavy atom. The topological polar surface area (TPSA) is 69.7 Å². The molecule has 0 radical (unpaired) electrons. The Balaban J connectivity index is 2.40. The van der Waals surface area contributed by atoms with Crippen LogP contribution in [0.2, 0.25) is 0 Å². The highest BCUT2D eigenvalue weighted by Crippen LogP contribution is 2.02. The van der Waals surface area contributed by atoms with Crippen LogP contribution >= 0.6 is 0 Å². The lowest BCUT2D eigenvalue weighted by Gasteiger charge is -2.33. The molecule has 1 aliphatic heterocycles. The minimum Gasteiger partial charge on any atom is -0.348 e. The van der Waals surface area contributed by atoms with Crippen molar-refractivity contribution in [3.05, 3.63) is 0 Å². The van der Waals surface area contributed by atoms with Gasteiger partial charge in [-0.3, -0.25) is 14.4 Å². The van der Waals surface area contributed by atoms with Crippen molar-refractivity contribution in [2.45, 2.75) is 20.3 Å². The number of carbonyl (C=O) groups is 3. The molecule has 1 rings (SSSR count). The van der Waals surface area contributed by atoms with Gasteiger partial charge in [-0.05, 0) is 6.42 Å². The van der Waals surface area contributed by atoms with Crippen LogP contribution in [0, 0.1) is 0 Å². The molecule has 0 aromatic heterocycles. The third-order valence-corrected chi connectivity index (χ3v) is 2.74. The zero-order valence-corrected chi connectivity index (χ0v) is 10.4. The molecule has 0 saturated carbocycles. The average molecular weight is 241 g/mol. The van der Waals surface area contributed by atoms with E-state index >= 15 is 0 Å². The summed E-state index contributed by atoms with van der Waals surface area (Å²) in [5.41, 5.74) is 0. The number of hydrogen-bond donors (Lipinski definition) is 1. The number of nitrogens with zero attached hydrogens (tertiary/aromatic N) is 2. The highest BCUT2D eigenvalue weighted by Gasteiger charge is 2.26. The van der Waals surface area contributed by atoms with Gasteiger partial charge in [-0.2, -0.15) is 0 Å². The Bertz CT molecular complexity index is 309.